The molecule has 0 saturated heterocycles. The fourth-order valence-electron chi connectivity index (χ4n) is 2.87. The zero-order valence-electron chi connectivity index (χ0n) is 16.0. The average molecular weight is 437 g/mol. The Morgan fingerprint density at radius 2 is 1.93 bits per heavy atom. The number of nitrogens with zero attached hydrogens (tertiary/aromatic N) is 3. The highest BCUT2D eigenvalue weighted by molar-refractivity contribution is 7.99. The molecule has 1 aromatic heterocycles. The first-order valence-corrected chi connectivity index (χ1v) is 11.4. The lowest BCUT2D eigenvalue weighted by atomic mass is 10.2. The second-order valence-electron chi connectivity index (χ2n) is 6.50. The summed E-state index contributed by atoms with van der Waals surface area (Å²) in [6, 6.07) is 10.6. The Balaban J connectivity index is 1.73. The van der Waals surface area contributed by atoms with Gasteiger partial charge in [0.25, 0.3) is 0 Å². The number of carbonyl (C=O) groups excluding carboxylic acids is 1. The van der Waals surface area contributed by atoms with E-state index >= 15 is 0 Å². The van der Waals surface area contributed by atoms with E-state index in [9.17, 15) is 17.6 Å². The van der Waals surface area contributed by atoms with Gasteiger partial charge >= 0.3 is 0 Å². The molecule has 1 amide bonds. The molecule has 0 spiro atoms. The van der Waals surface area contributed by atoms with Crippen molar-refractivity contribution in [3.05, 3.63) is 53.8 Å². The fraction of sp³-hybridized carbons (Fsp3) is 0.263. The van der Waals surface area contributed by atoms with Gasteiger partial charge in [-0.3, -0.25) is 4.79 Å². The van der Waals surface area contributed by atoms with Crippen LogP contribution >= 0.6 is 11.8 Å². The summed E-state index contributed by atoms with van der Waals surface area (Å²) >= 11 is 1.28. The van der Waals surface area contributed by atoms with E-state index < -0.39 is 10.0 Å². The van der Waals surface area contributed by atoms with Crippen LogP contribution in [0.3, 0.4) is 0 Å². The second kappa shape index (κ2) is 8.52. The molecule has 0 fully saturated rings. The molecule has 0 bridgehead atoms. The van der Waals surface area contributed by atoms with Gasteiger partial charge in [-0.25, -0.2) is 22.9 Å². The maximum absolute atomic E-state index is 13.0. The Morgan fingerprint density at radius 1 is 1.24 bits per heavy atom. The van der Waals surface area contributed by atoms with Crippen LogP contribution in [0.2, 0.25) is 0 Å². The molecule has 7 nitrogen and oxygen atoms in total. The van der Waals surface area contributed by atoms with Crippen molar-refractivity contribution in [2.75, 3.05) is 12.8 Å². The molecular formula is C19H21FN4O3S2. The van der Waals surface area contributed by atoms with Crippen LogP contribution < -0.4 is 5.14 Å². The number of carbonyl (C=O) groups is 1. The van der Waals surface area contributed by atoms with Gasteiger partial charge in [0.2, 0.25) is 15.9 Å². The van der Waals surface area contributed by atoms with E-state index in [2.05, 4.69) is 4.98 Å². The molecule has 3 aromatic rings. The first-order valence-electron chi connectivity index (χ1n) is 8.83. The van der Waals surface area contributed by atoms with Crippen LogP contribution in [0.5, 0.6) is 0 Å². The summed E-state index contributed by atoms with van der Waals surface area (Å²) < 4.78 is 38.1. The van der Waals surface area contributed by atoms with E-state index in [0.717, 1.165) is 11.1 Å². The first kappa shape index (κ1) is 21.3. The van der Waals surface area contributed by atoms with E-state index in [0.29, 0.717) is 23.8 Å². The Morgan fingerprint density at radius 3 is 2.55 bits per heavy atom. The summed E-state index contributed by atoms with van der Waals surface area (Å²) in [7, 11) is -2.13. The topological polar surface area (TPSA) is 98.3 Å². The molecule has 0 aliphatic rings. The maximum Gasteiger partial charge on any atom is 0.238 e. The number of benzene rings is 2. The number of nitrogens with two attached hydrogens (primary N) is 1. The molecule has 0 atom stereocenters. The van der Waals surface area contributed by atoms with Gasteiger partial charge in [0.15, 0.2) is 5.16 Å². The summed E-state index contributed by atoms with van der Waals surface area (Å²) in [4.78, 5) is 18.5. The third kappa shape index (κ3) is 4.95. The lowest BCUT2D eigenvalue weighted by Gasteiger charge is -2.17. The monoisotopic (exact) mass is 436 g/mol. The van der Waals surface area contributed by atoms with Crippen molar-refractivity contribution in [2.24, 2.45) is 5.14 Å². The number of rotatable bonds is 7. The number of hydrogen-bond acceptors (Lipinski definition) is 5. The van der Waals surface area contributed by atoms with E-state index in [4.69, 9.17) is 5.14 Å². The zero-order valence-corrected chi connectivity index (χ0v) is 17.6. The predicted octanol–water partition coefficient (Wildman–Crippen LogP) is 2.59. The van der Waals surface area contributed by atoms with Crippen LogP contribution in [0, 0.1) is 5.82 Å². The van der Waals surface area contributed by atoms with Gasteiger partial charge in [0, 0.05) is 20.1 Å². The van der Waals surface area contributed by atoms with Gasteiger partial charge in [-0.2, -0.15) is 0 Å². The highest BCUT2D eigenvalue weighted by atomic mass is 32.2. The molecule has 29 heavy (non-hydrogen) atoms. The number of sulfonamides is 1. The number of aryl methyl sites for hydroxylation is 1. The number of primary sulfonamides is 1. The molecule has 2 N–H and O–H groups in total. The third-order valence-corrected chi connectivity index (χ3v) is 6.29. The van der Waals surface area contributed by atoms with Crippen molar-refractivity contribution in [3.8, 4) is 0 Å². The van der Waals surface area contributed by atoms with E-state index in [1.165, 1.54) is 36.0 Å². The number of aromatic nitrogens is 2. The third-order valence-electron chi connectivity index (χ3n) is 4.41. The summed E-state index contributed by atoms with van der Waals surface area (Å²) in [6.07, 6.45) is 0. The van der Waals surface area contributed by atoms with Gasteiger partial charge in [-0.1, -0.05) is 23.9 Å². The molecule has 0 aliphatic carbocycles. The zero-order chi connectivity index (χ0) is 21.2. The molecule has 0 unspecified atom stereocenters. The summed E-state index contributed by atoms with van der Waals surface area (Å²) in [5.74, 6) is -0.245. The molecule has 1 heterocycles. The van der Waals surface area contributed by atoms with Gasteiger partial charge in [0.1, 0.15) is 5.82 Å². The quantitative estimate of drug-likeness (QED) is 0.574. The number of amides is 1. The standard InChI is InChI=1S/C19H21FN4O3S2/c1-3-24-17-9-8-15(29(21,26)27)10-16(17)22-19(24)28-12-18(25)23(2)11-13-4-6-14(20)7-5-13/h4-10H,3,11-12H2,1-2H3,(H2,21,26,27). The molecule has 0 radical (unpaired) electrons. The van der Waals surface area contributed by atoms with E-state index in [1.54, 1.807) is 30.1 Å². The lowest BCUT2D eigenvalue weighted by Crippen LogP contribution is -2.27. The molecule has 2 aromatic carbocycles. The Kier molecular flexibility index (Phi) is 6.25. The molecule has 3 rings (SSSR count). The molecule has 0 aliphatic heterocycles. The minimum atomic E-state index is -3.81. The fourth-order valence-corrected chi connectivity index (χ4v) is 4.42. The van der Waals surface area contributed by atoms with Crippen molar-refractivity contribution in [1.29, 1.82) is 0 Å². The van der Waals surface area contributed by atoms with Crippen molar-refractivity contribution in [2.45, 2.75) is 30.1 Å². The van der Waals surface area contributed by atoms with Crippen LogP contribution in [0.25, 0.3) is 11.0 Å². The molecule has 154 valence electrons. The smallest absolute Gasteiger partial charge is 0.238 e. The number of thioether (sulfide) groups is 1. The van der Waals surface area contributed by atoms with Crippen LogP contribution in [0.15, 0.2) is 52.5 Å². The van der Waals surface area contributed by atoms with Gasteiger partial charge in [-0.05, 0) is 42.8 Å². The summed E-state index contributed by atoms with van der Waals surface area (Å²) in [5, 5.41) is 5.81. The number of fused-ring (bicyclic) bond motifs is 1. The molecule has 10 heteroatoms. The van der Waals surface area contributed by atoms with Crippen LogP contribution in [0.1, 0.15) is 12.5 Å². The SMILES string of the molecule is CCn1c(SCC(=O)N(C)Cc2ccc(F)cc2)nc2cc(S(N)(=O)=O)ccc21. The van der Waals surface area contributed by atoms with Crippen molar-refractivity contribution >= 4 is 38.7 Å². The van der Waals surface area contributed by atoms with E-state index in [1.807, 2.05) is 11.5 Å². The Hall–Kier alpha value is -2.43. The average Bonchev–Trinajstić information content (AvgIpc) is 3.03. The summed E-state index contributed by atoms with van der Waals surface area (Å²) in [5.41, 5.74) is 2.12. The number of halogens is 1. The van der Waals surface area contributed by atoms with Gasteiger partial charge in [0.05, 0.1) is 21.7 Å². The van der Waals surface area contributed by atoms with Gasteiger partial charge < -0.3 is 9.47 Å². The lowest BCUT2D eigenvalue weighted by molar-refractivity contribution is -0.127. The highest BCUT2D eigenvalue weighted by Crippen LogP contribution is 2.26. The second-order valence-corrected chi connectivity index (χ2v) is 9.00. The van der Waals surface area contributed by atoms with Crippen molar-refractivity contribution in [1.82, 2.24) is 14.5 Å². The maximum atomic E-state index is 13.0. The minimum Gasteiger partial charge on any atom is -0.341 e. The molecular weight excluding hydrogens is 415 g/mol. The number of imidazole rings is 1. The van der Waals surface area contributed by atoms with Crippen molar-refractivity contribution < 1.29 is 17.6 Å². The minimum absolute atomic E-state index is 0.00240. The van der Waals surface area contributed by atoms with Gasteiger partial charge in [-0.15, -0.1) is 0 Å². The molecule has 0 saturated carbocycles. The number of hydrogen-bond donors (Lipinski definition) is 1. The van der Waals surface area contributed by atoms with Crippen molar-refractivity contribution in [3.63, 3.8) is 0 Å². The Bertz CT molecular complexity index is 1140. The Labute approximate surface area is 172 Å². The largest absolute Gasteiger partial charge is 0.341 e. The first-order chi connectivity index (χ1) is 13.7. The normalized spacial score (nSPS) is 11.7. The van der Waals surface area contributed by atoms with E-state index in [-0.39, 0.29) is 22.4 Å². The summed E-state index contributed by atoms with van der Waals surface area (Å²) in [6.45, 7) is 2.94. The van der Waals surface area contributed by atoms with Crippen LogP contribution in [-0.4, -0.2) is 41.6 Å². The van der Waals surface area contributed by atoms with Crippen LogP contribution in [0.4, 0.5) is 4.39 Å². The predicted molar refractivity (Wildman–Crippen MR) is 110 cm³/mol. The van der Waals surface area contributed by atoms with Crippen LogP contribution in [-0.2, 0) is 27.9 Å². The highest BCUT2D eigenvalue weighted by Gasteiger charge is 2.17.